The van der Waals surface area contributed by atoms with Gasteiger partial charge in [0.1, 0.15) is 17.9 Å². The van der Waals surface area contributed by atoms with Crippen LogP contribution in [0.4, 0.5) is 28.9 Å². The van der Waals surface area contributed by atoms with Crippen molar-refractivity contribution in [2.24, 2.45) is 0 Å². The molecule has 0 aliphatic heterocycles. The van der Waals surface area contributed by atoms with Gasteiger partial charge in [-0.2, -0.15) is 13.2 Å². The second-order valence-corrected chi connectivity index (χ2v) is 6.98. The molecule has 1 aromatic heterocycles. The maximum atomic E-state index is 13.8. The molecule has 0 fully saturated rings. The zero-order chi connectivity index (χ0) is 23.6. The van der Waals surface area contributed by atoms with Crippen LogP contribution in [0.3, 0.4) is 0 Å². The Kier molecular flexibility index (Phi) is 5.78. The summed E-state index contributed by atoms with van der Waals surface area (Å²) in [5.74, 6) is -2.47. The van der Waals surface area contributed by atoms with Crippen molar-refractivity contribution in [1.29, 1.82) is 0 Å². The number of nitrogens with zero attached hydrogens (tertiary/aromatic N) is 3. The highest BCUT2D eigenvalue weighted by molar-refractivity contribution is 6.04. The summed E-state index contributed by atoms with van der Waals surface area (Å²) in [4.78, 5) is 24.6. The van der Waals surface area contributed by atoms with Gasteiger partial charge in [-0.3, -0.25) is 9.59 Å². The first-order valence-corrected chi connectivity index (χ1v) is 9.57. The number of hydrogen-bond acceptors (Lipinski definition) is 4. The van der Waals surface area contributed by atoms with Gasteiger partial charge in [0.25, 0.3) is 5.91 Å². The second-order valence-electron chi connectivity index (χ2n) is 6.98. The Bertz CT molecular complexity index is 1350. The number of anilines is 2. The predicted octanol–water partition coefficient (Wildman–Crippen LogP) is 4.48. The van der Waals surface area contributed by atoms with Gasteiger partial charge in [-0.05, 0) is 42.5 Å². The van der Waals surface area contributed by atoms with E-state index in [9.17, 15) is 27.2 Å². The average Bonchev–Trinajstić information content (AvgIpc) is 3.17. The van der Waals surface area contributed by atoms with E-state index in [0.717, 1.165) is 12.1 Å². The van der Waals surface area contributed by atoms with E-state index in [0.29, 0.717) is 17.1 Å². The Morgan fingerprint density at radius 2 is 1.67 bits per heavy atom. The van der Waals surface area contributed by atoms with Gasteiger partial charge >= 0.3 is 6.18 Å². The van der Waals surface area contributed by atoms with Gasteiger partial charge in [-0.1, -0.05) is 29.5 Å². The van der Waals surface area contributed by atoms with Crippen molar-refractivity contribution in [1.82, 2.24) is 15.0 Å². The zero-order valence-electron chi connectivity index (χ0n) is 16.7. The summed E-state index contributed by atoms with van der Waals surface area (Å²) in [7, 11) is 0. The molecule has 7 nitrogen and oxygen atoms in total. The molecule has 33 heavy (non-hydrogen) atoms. The van der Waals surface area contributed by atoms with Crippen molar-refractivity contribution in [3.05, 3.63) is 83.7 Å². The second kappa shape index (κ2) is 8.69. The lowest BCUT2D eigenvalue weighted by atomic mass is 10.1. The molecule has 0 radical (unpaired) electrons. The zero-order valence-corrected chi connectivity index (χ0v) is 16.7. The summed E-state index contributed by atoms with van der Waals surface area (Å²) in [5, 5.41) is 12.2. The topological polar surface area (TPSA) is 88.9 Å². The SMILES string of the molecule is O=C(Cn1nnc2ccccc21)Nc1ccc(NC(=O)c2ccccc2F)cc1C(F)(F)F. The summed E-state index contributed by atoms with van der Waals surface area (Å²) in [6.45, 7) is -0.358. The van der Waals surface area contributed by atoms with E-state index < -0.39 is 35.1 Å². The third kappa shape index (κ3) is 4.81. The predicted molar refractivity (Wildman–Crippen MR) is 112 cm³/mol. The molecule has 168 valence electrons. The number of hydrogen-bond donors (Lipinski definition) is 2. The van der Waals surface area contributed by atoms with Crippen molar-refractivity contribution in [3.63, 3.8) is 0 Å². The number of halogens is 4. The van der Waals surface area contributed by atoms with Gasteiger partial charge in [0.2, 0.25) is 5.91 Å². The summed E-state index contributed by atoms with van der Waals surface area (Å²) < 4.78 is 55.9. The van der Waals surface area contributed by atoms with Crippen LogP contribution in [0.25, 0.3) is 11.0 Å². The Morgan fingerprint density at radius 1 is 0.939 bits per heavy atom. The van der Waals surface area contributed by atoms with Gasteiger partial charge in [0.05, 0.1) is 22.3 Å². The molecular formula is C22H15F4N5O2. The lowest BCUT2D eigenvalue weighted by molar-refractivity contribution is -0.136. The average molecular weight is 457 g/mol. The van der Waals surface area contributed by atoms with E-state index in [1.807, 2.05) is 0 Å². The van der Waals surface area contributed by atoms with E-state index in [1.54, 1.807) is 24.3 Å². The minimum absolute atomic E-state index is 0.212. The number of rotatable bonds is 5. The monoisotopic (exact) mass is 457 g/mol. The van der Waals surface area contributed by atoms with Crippen LogP contribution in [0.2, 0.25) is 0 Å². The first kappa shape index (κ1) is 21.9. The first-order chi connectivity index (χ1) is 15.7. The molecule has 1 heterocycles. The van der Waals surface area contributed by atoms with Gasteiger partial charge in [0, 0.05) is 5.69 Å². The van der Waals surface area contributed by atoms with E-state index in [2.05, 4.69) is 20.9 Å². The van der Waals surface area contributed by atoms with Crippen LogP contribution in [0.15, 0.2) is 66.7 Å². The van der Waals surface area contributed by atoms with Crippen LogP contribution < -0.4 is 10.6 Å². The van der Waals surface area contributed by atoms with Crippen molar-refractivity contribution in [2.75, 3.05) is 10.6 Å². The first-order valence-electron chi connectivity index (χ1n) is 9.57. The molecule has 4 aromatic rings. The highest BCUT2D eigenvalue weighted by Gasteiger charge is 2.34. The number of nitrogens with one attached hydrogen (secondary N) is 2. The smallest absolute Gasteiger partial charge is 0.324 e. The minimum atomic E-state index is -4.83. The largest absolute Gasteiger partial charge is 0.418 e. The highest BCUT2D eigenvalue weighted by atomic mass is 19.4. The van der Waals surface area contributed by atoms with E-state index in [4.69, 9.17) is 0 Å². The number of carbonyl (C=O) groups is 2. The molecule has 11 heteroatoms. The Hall–Kier alpha value is -4.28. The maximum Gasteiger partial charge on any atom is 0.418 e. The molecule has 0 aliphatic carbocycles. The molecule has 3 aromatic carbocycles. The summed E-state index contributed by atoms with van der Waals surface area (Å²) >= 11 is 0. The molecule has 0 spiro atoms. The molecule has 4 rings (SSSR count). The Balaban J connectivity index is 1.55. The fourth-order valence-corrected chi connectivity index (χ4v) is 3.17. The van der Waals surface area contributed by atoms with Crippen LogP contribution in [0.1, 0.15) is 15.9 Å². The van der Waals surface area contributed by atoms with Crippen molar-refractivity contribution in [3.8, 4) is 0 Å². The van der Waals surface area contributed by atoms with Gasteiger partial charge in [0.15, 0.2) is 0 Å². The van der Waals surface area contributed by atoms with Crippen LogP contribution in [0.5, 0.6) is 0 Å². The summed E-state index contributed by atoms with van der Waals surface area (Å²) in [5.41, 5.74) is -1.11. The van der Waals surface area contributed by atoms with Crippen LogP contribution in [-0.4, -0.2) is 26.8 Å². The van der Waals surface area contributed by atoms with E-state index in [-0.39, 0.29) is 17.8 Å². The third-order valence-corrected chi connectivity index (χ3v) is 4.69. The Labute approximate surface area is 184 Å². The van der Waals surface area contributed by atoms with Gasteiger partial charge < -0.3 is 10.6 Å². The number of benzene rings is 3. The molecule has 0 bridgehead atoms. The molecular weight excluding hydrogens is 442 g/mol. The van der Waals surface area contributed by atoms with Gasteiger partial charge in [-0.15, -0.1) is 5.10 Å². The number of para-hydroxylation sites is 1. The van der Waals surface area contributed by atoms with Crippen molar-refractivity contribution >= 4 is 34.2 Å². The molecule has 2 amide bonds. The van der Waals surface area contributed by atoms with Crippen LogP contribution in [0, 0.1) is 5.82 Å². The van der Waals surface area contributed by atoms with Crippen LogP contribution >= 0.6 is 0 Å². The number of fused-ring (bicyclic) bond motifs is 1. The maximum absolute atomic E-state index is 13.8. The fraction of sp³-hybridized carbons (Fsp3) is 0.0909. The fourth-order valence-electron chi connectivity index (χ4n) is 3.17. The quantitative estimate of drug-likeness (QED) is 0.433. The van der Waals surface area contributed by atoms with Crippen LogP contribution in [-0.2, 0) is 17.5 Å². The summed E-state index contributed by atoms with van der Waals surface area (Å²) in [6.07, 6.45) is -4.83. The van der Waals surface area contributed by atoms with E-state index in [1.165, 1.54) is 28.9 Å². The van der Waals surface area contributed by atoms with Crippen molar-refractivity contribution in [2.45, 2.75) is 12.7 Å². The van der Waals surface area contributed by atoms with Crippen molar-refractivity contribution < 1.29 is 27.2 Å². The molecule has 0 atom stereocenters. The third-order valence-electron chi connectivity index (χ3n) is 4.69. The lowest BCUT2D eigenvalue weighted by Gasteiger charge is -2.16. The molecule has 0 saturated carbocycles. The number of aromatic nitrogens is 3. The number of alkyl halides is 3. The van der Waals surface area contributed by atoms with E-state index >= 15 is 0 Å². The standard InChI is InChI=1S/C22H15F4N5O2/c23-16-6-2-1-5-14(16)21(33)27-13-9-10-17(15(11-13)22(24,25)26)28-20(32)12-31-19-8-4-3-7-18(19)29-30-31/h1-11H,12H2,(H,27,33)(H,28,32). The lowest BCUT2D eigenvalue weighted by Crippen LogP contribution is -2.22. The number of amides is 2. The van der Waals surface area contributed by atoms with Gasteiger partial charge in [-0.25, -0.2) is 9.07 Å². The Morgan fingerprint density at radius 3 is 2.42 bits per heavy atom. The summed E-state index contributed by atoms with van der Waals surface area (Å²) in [6, 6.07) is 14.8. The normalized spacial score (nSPS) is 11.4. The molecule has 0 saturated heterocycles. The molecule has 0 unspecified atom stereocenters. The number of carbonyl (C=O) groups excluding carboxylic acids is 2. The minimum Gasteiger partial charge on any atom is -0.324 e. The molecule has 0 aliphatic rings. The molecule has 2 N–H and O–H groups in total. The highest BCUT2D eigenvalue weighted by Crippen LogP contribution is 2.36.